The average Bonchev–Trinajstić information content (AvgIpc) is 3.02. The van der Waals surface area contributed by atoms with E-state index in [9.17, 15) is 8.78 Å². The Hall–Kier alpha value is -0.220. The Morgan fingerprint density at radius 1 is 1.29 bits per heavy atom. The molecule has 2 fully saturated rings. The van der Waals surface area contributed by atoms with Crippen molar-refractivity contribution in [3.63, 3.8) is 0 Å². The molecule has 2 aliphatic rings. The van der Waals surface area contributed by atoms with Crippen LogP contribution in [0.25, 0.3) is 0 Å². The van der Waals surface area contributed by atoms with Crippen LogP contribution in [0, 0.1) is 11.8 Å². The zero-order valence-electron chi connectivity index (χ0n) is 10.8. The van der Waals surface area contributed by atoms with E-state index in [0.29, 0.717) is 18.0 Å². The smallest absolute Gasteiger partial charge is 0.251 e. The van der Waals surface area contributed by atoms with Crippen molar-refractivity contribution in [2.45, 2.75) is 51.6 Å². The highest BCUT2D eigenvalue weighted by molar-refractivity contribution is 4.94. The second-order valence-corrected chi connectivity index (χ2v) is 5.98. The van der Waals surface area contributed by atoms with Gasteiger partial charge in [0.2, 0.25) is 0 Å². The van der Waals surface area contributed by atoms with Crippen LogP contribution in [0.4, 0.5) is 8.78 Å². The molecular formula is C13H24F2N2. The van der Waals surface area contributed by atoms with Gasteiger partial charge < -0.3 is 5.32 Å². The lowest BCUT2D eigenvalue weighted by molar-refractivity contribution is 0.0338. The maximum absolute atomic E-state index is 12.6. The number of nitrogens with zero attached hydrogens (tertiary/aromatic N) is 1. The van der Waals surface area contributed by atoms with Gasteiger partial charge in [0, 0.05) is 25.2 Å². The molecule has 1 aliphatic carbocycles. The minimum absolute atomic E-state index is 0.0533. The fraction of sp³-hybridized carbons (Fsp3) is 1.00. The number of hydrogen-bond acceptors (Lipinski definition) is 2. The number of halogens is 2. The first kappa shape index (κ1) is 13.2. The molecular weight excluding hydrogens is 222 g/mol. The molecule has 1 heterocycles. The van der Waals surface area contributed by atoms with Gasteiger partial charge >= 0.3 is 0 Å². The van der Waals surface area contributed by atoms with Crippen molar-refractivity contribution in [1.29, 1.82) is 0 Å². The summed E-state index contributed by atoms with van der Waals surface area (Å²) in [5.74, 6) is 1.31. The van der Waals surface area contributed by atoms with Gasteiger partial charge in [0.25, 0.3) is 6.43 Å². The van der Waals surface area contributed by atoms with Crippen molar-refractivity contribution < 1.29 is 8.78 Å². The first-order valence-electron chi connectivity index (χ1n) is 6.82. The average molecular weight is 246 g/mol. The summed E-state index contributed by atoms with van der Waals surface area (Å²) in [4.78, 5) is 2.02. The molecule has 1 aliphatic heterocycles. The number of alkyl halides is 2. The first-order chi connectivity index (χ1) is 8.06. The number of piperazine rings is 1. The normalized spacial score (nSPS) is 31.4. The van der Waals surface area contributed by atoms with Gasteiger partial charge in [0.05, 0.1) is 6.54 Å². The van der Waals surface area contributed by atoms with Crippen molar-refractivity contribution in [2.75, 3.05) is 19.6 Å². The van der Waals surface area contributed by atoms with Crippen LogP contribution in [0.3, 0.4) is 0 Å². The number of hydrogen-bond donors (Lipinski definition) is 1. The van der Waals surface area contributed by atoms with E-state index in [1.165, 1.54) is 12.8 Å². The molecule has 4 heteroatoms. The Morgan fingerprint density at radius 3 is 2.53 bits per heavy atom. The molecule has 0 amide bonds. The maximum Gasteiger partial charge on any atom is 0.251 e. The van der Waals surface area contributed by atoms with Gasteiger partial charge in [-0.3, -0.25) is 4.90 Å². The largest absolute Gasteiger partial charge is 0.311 e. The molecule has 2 rings (SSSR count). The maximum atomic E-state index is 12.6. The molecule has 0 aromatic rings. The Balaban J connectivity index is 1.90. The van der Waals surface area contributed by atoms with Gasteiger partial charge in [-0.1, -0.05) is 13.8 Å². The Morgan fingerprint density at radius 2 is 2.00 bits per heavy atom. The quantitative estimate of drug-likeness (QED) is 0.801. The predicted molar refractivity (Wildman–Crippen MR) is 65.3 cm³/mol. The highest BCUT2D eigenvalue weighted by Gasteiger charge is 2.37. The number of nitrogens with one attached hydrogen (secondary N) is 1. The van der Waals surface area contributed by atoms with Crippen LogP contribution in [0.15, 0.2) is 0 Å². The number of rotatable bonds is 5. The fourth-order valence-corrected chi connectivity index (χ4v) is 2.87. The van der Waals surface area contributed by atoms with Gasteiger partial charge in [0.15, 0.2) is 0 Å². The second kappa shape index (κ2) is 5.61. The Bertz CT molecular complexity index is 242. The van der Waals surface area contributed by atoms with E-state index in [4.69, 9.17) is 0 Å². The van der Waals surface area contributed by atoms with Crippen LogP contribution >= 0.6 is 0 Å². The zero-order valence-corrected chi connectivity index (χ0v) is 10.8. The van der Waals surface area contributed by atoms with E-state index in [0.717, 1.165) is 25.4 Å². The van der Waals surface area contributed by atoms with E-state index in [-0.39, 0.29) is 6.54 Å². The summed E-state index contributed by atoms with van der Waals surface area (Å²) in [6, 6.07) is 0.746. The monoisotopic (exact) mass is 246 g/mol. The Labute approximate surface area is 103 Å². The first-order valence-corrected chi connectivity index (χ1v) is 6.82. The predicted octanol–water partition coefficient (Wildman–Crippen LogP) is 2.35. The van der Waals surface area contributed by atoms with E-state index < -0.39 is 6.43 Å². The summed E-state index contributed by atoms with van der Waals surface area (Å²) in [6.07, 6.45) is 1.35. The van der Waals surface area contributed by atoms with Gasteiger partial charge in [-0.15, -0.1) is 0 Å². The van der Waals surface area contributed by atoms with Crippen molar-refractivity contribution in [3.8, 4) is 0 Å². The van der Waals surface area contributed by atoms with E-state index >= 15 is 0 Å². The molecule has 0 bridgehead atoms. The summed E-state index contributed by atoms with van der Waals surface area (Å²) >= 11 is 0. The minimum Gasteiger partial charge on any atom is -0.311 e. The van der Waals surface area contributed by atoms with Crippen LogP contribution in [-0.2, 0) is 0 Å². The van der Waals surface area contributed by atoms with E-state index in [1.54, 1.807) is 0 Å². The van der Waals surface area contributed by atoms with Gasteiger partial charge in [-0.25, -0.2) is 8.78 Å². The molecule has 100 valence electrons. The lowest BCUT2D eigenvalue weighted by Crippen LogP contribution is -2.58. The van der Waals surface area contributed by atoms with Crippen LogP contribution in [0.5, 0.6) is 0 Å². The second-order valence-electron chi connectivity index (χ2n) is 5.98. The summed E-state index contributed by atoms with van der Waals surface area (Å²) in [5.41, 5.74) is 0. The summed E-state index contributed by atoms with van der Waals surface area (Å²) < 4.78 is 25.2. The van der Waals surface area contributed by atoms with Crippen LogP contribution in [0.2, 0.25) is 0 Å². The van der Waals surface area contributed by atoms with Gasteiger partial charge in [-0.2, -0.15) is 0 Å². The highest BCUT2D eigenvalue weighted by Crippen LogP contribution is 2.34. The zero-order chi connectivity index (χ0) is 12.4. The SMILES string of the molecule is CC(C)CC1CNC(C2CC2)CN1CC(F)F. The molecule has 17 heavy (non-hydrogen) atoms. The third kappa shape index (κ3) is 3.88. The topological polar surface area (TPSA) is 15.3 Å². The molecule has 1 saturated heterocycles. The molecule has 2 unspecified atom stereocenters. The van der Waals surface area contributed by atoms with Crippen LogP contribution < -0.4 is 5.32 Å². The van der Waals surface area contributed by atoms with Gasteiger partial charge in [-0.05, 0) is 31.1 Å². The van der Waals surface area contributed by atoms with Crippen molar-refractivity contribution in [1.82, 2.24) is 10.2 Å². The molecule has 1 saturated carbocycles. The minimum atomic E-state index is -2.21. The summed E-state index contributed by atoms with van der Waals surface area (Å²) in [7, 11) is 0. The van der Waals surface area contributed by atoms with E-state index in [1.807, 2.05) is 4.90 Å². The third-order valence-electron chi connectivity index (χ3n) is 3.87. The molecule has 0 spiro atoms. The lowest BCUT2D eigenvalue weighted by Gasteiger charge is -2.41. The lowest BCUT2D eigenvalue weighted by atomic mass is 9.98. The van der Waals surface area contributed by atoms with Crippen LogP contribution in [0.1, 0.15) is 33.1 Å². The summed E-state index contributed by atoms with van der Waals surface area (Å²) in [5, 5.41) is 3.55. The van der Waals surface area contributed by atoms with Crippen molar-refractivity contribution in [2.24, 2.45) is 11.8 Å². The van der Waals surface area contributed by atoms with Crippen molar-refractivity contribution >= 4 is 0 Å². The molecule has 2 nitrogen and oxygen atoms in total. The van der Waals surface area contributed by atoms with Gasteiger partial charge in [0.1, 0.15) is 0 Å². The standard InChI is InChI=1S/C13H24F2N2/c1-9(2)5-11-6-16-12(10-3-4-10)7-17(11)8-13(14)15/h9-13,16H,3-8H2,1-2H3. The molecule has 0 aromatic heterocycles. The summed E-state index contributed by atoms with van der Waals surface area (Å²) in [6.45, 7) is 5.96. The fourth-order valence-electron chi connectivity index (χ4n) is 2.87. The Kier molecular flexibility index (Phi) is 4.36. The molecule has 1 N–H and O–H groups in total. The van der Waals surface area contributed by atoms with Crippen LogP contribution in [-0.4, -0.2) is 43.0 Å². The molecule has 0 aromatic carbocycles. The molecule has 0 radical (unpaired) electrons. The van der Waals surface area contributed by atoms with E-state index in [2.05, 4.69) is 19.2 Å². The van der Waals surface area contributed by atoms with Crippen molar-refractivity contribution in [3.05, 3.63) is 0 Å². The molecule has 2 atom stereocenters. The third-order valence-corrected chi connectivity index (χ3v) is 3.87. The highest BCUT2D eigenvalue weighted by atomic mass is 19.3.